The summed E-state index contributed by atoms with van der Waals surface area (Å²) in [5.74, 6) is -0.383. The highest BCUT2D eigenvalue weighted by molar-refractivity contribution is 5.53. The molecular weight excluding hydrogens is 281 g/mol. The van der Waals surface area contributed by atoms with Gasteiger partial charge in [-0.1, -0.05) is 6.07 Å². The molecular formula is C14H12FNO5. The van der Waals surface area contributed by atoms with Gasteiger partial charge >= 0.3 is 5.69 Å². The van der Waals surface area contributed by atoms with E-state index in [0.29, 0.717) is 5.75 Å². The number of ether oxygens (including phenoxy) is 2. The highest BCUT2D eigenvalue weighted by atomic mass is 19.1. The molecule has 0 heterocycles. The lowest BCUT2D eigenvalue weighted by atomic mass is 10.2. The van der Waals surface area contributed by atoms with E-state index in [-0.39, 0.29) is 22.7 Å². The van der Waals surface area contributed by atoms with Crippen LogP contribution in [-0.4, -0.2) is 17.1 Å². The first-order valence-corrected chi connectivity index (χ1v) is 5.95. The lowest BCUT2D eigenvalue weighted by molar-refractivity contribution is -0.385. The van der Waals surface area contributed by atoms with Crippen molar-refractivity contribution in [3.8, 4) is 17.2 Å². The Kier molecular flexibility index (Phi) is 4.34. The first-order valence-electron chi connectivity index (χ1n) is 5.95. The molecule has 0 saturated carbocycles. The van der Waals surface area contributed by atoms with Crippen LogP contribution in [0.15, 0.2) is 36.4 Å². The molecule has 110 valence electrons. The molecule has 0 aliphatic heterocycles. The topological polar surface area (TPSA) is 81.8 Å². The average Bonchev–Trinajstić information content (AvgIpc) is 2.47. The van der Waals surface area contributed by atoms with Gasteiger partial charge in [-0.2, -0.15) is 0 Å². The molecule has 6 nitrogen and oxygen atoms in total. The molecule has 2 aromatic rings. The molecule has 0 atom stereocenters. The van der Waals surface area contributed by atoms with Crippen molar-refractivity contribution in [2.24, 2.45) is 0 Å². The predicted molar refractivity (Wildman–Crippen MR) is 72.0 cm³/mol. The summed E-state index contributed by atoms with van der Waals surface area (Å²) in [4.78, 5) is 10.4. The molecule has 0 amide bonds. The lowest BCUT2D eigenvalue weighted by Crippen LogP contribution is -1.98. The second kappa shape index (κ2) is 6.19. The van der Waals surface area contributed by atoms with Crippen molar-refractivity contribution in [3.05, 3.63) is 57.9 Å². The van der Waals surface area contributed by atoms with Crippen LogP contribution in [0, 0.1) is 15.9 Å². The van der Waals surface area contributed by atoms with Gasteiger partial charge in [0.05, 0.1) is 24.2 Å². The normalized spacial score (nSPS) is 10.2. The number of aliphatic hydroxyl groups excluding tert-OH is 1. The SMILES string of the molecule is COc1ccc([N+](=O)[O-])c(Oc2cccc(F)c2CO)c1. The van der Waals surface area contributed by atoms with Crippen molar-refractivity contribution in [2.45, 2.75) is 6.61 Å². The van der Waals surface area contributed by atoms with Gasteiger partial charge in [0, 0.05) is 12.1 Å². The number of methoxy groups -OCH3 is 1. The standard InChI is InChI=1S/C14H12FNO5/c1-20-9-5-6-12(16(18)19)14(7-9)21-13-4-2-3-11(15)10(13)8-17/h2-7,17H,8H2,1H3. The molecule has 7 heteroatoms. The van der Waals surface area contributed by atoms with E-state index in [2.05, 4.69) is 0 Å². The van der Waals surface area contributed by atoms with Gasteiger partial charge in [-0.25, -0.2) is 4.39 Å². The highest BCUT2D eigenvalue weighted by Crippen LogP contribution is 2.36. The molecule has 0 bridgehead atoms. The molecule has 0 spiro atoms. The van der Waals surface area contributed by atoms with E-state index in [4.69, 9.17) is 9.47 Å². The number of nitrogens with zero attached hydrogens (tertiary/aromatic N) is 1. The smallest absolute Gasteiger partial charge is 0.311 e. The van der Waals surface area contributed by atoms with Gasteiger partial charge in [0.1, 0.15) is 17.3 Å². The maximum absolute atomic E-state index is 13.6. The summed E-state index contributed by atoms with van der Waals surface area (Å²) in [5, 5.41) is 20.2. The molecule has 0 radical (unpaired) electrons. The summed E-state index contributed by atoms with van der Waals surface area (Å²) in [7, 11) is 1.41. The number of halogens is 1. The second-order valence-electron chi connectivity index (χ2n) is 4.07. The third-order valence-corrected chi connectivity index (χ3v) is 2.82. The van der Waals surface area contributed by atoms with Crippen LogP contribution in [0.2, 0.25) is 0 Å². The van der Waals surface area contributed by atoms with Crippen LogP contribution in [0.25, 0.3) is 0 Å². The number of hydrogen-bond acceptors (Lipinski definition) is 5. The Morgan fingerprint density at radius 2 is 2.05 bits per heavy atom. The monoisotopic (exact) mass is 293 g/mol. The fourth-order valence-electron chi connectivity index (χ4n) is 1.76. The highest BCUT2D eigenvalue weighted by Gasteiger charge is 2.19. The number of hydrogen-bond donors (Lipinski definition) is 1. The second-order valence-corrected chi connectivity index (χ2v) is 4.07. The lowest BCUT2D eigenvalue weighted by Gasteiger charge is -2.11. The van der Waals surface area contributed by atoms with Gasteiger partial charge in [-0.05, 0) is 18.2 Å². The molecule has 0 unspecified atom stereocenters. The average molecular weight is 293 g/mol. The van der Waals surface area contributed by atoms with Crippen LogP contribution in [0.4, 0.5) is 10.1 Å². The van der Waals surface area contributed by atoms with E-state index >= 15 is 0 Å². The Morgan fingerprint density at radius 1 is 1.29 bits per heavy atom. The maximum Gasteiger partial charge on any atom is 0.311 e. The summed E-state index contributed by atoms with van der Waals surface area (Å²) in [6.07, 6.45) is 0. The minimum absolute atomic E-state index is 0.00820. The van der Waals surface area contributed by atoms with E-state index in [9.17, 15) is 19.6 Å². The van der Waals surface area contributed by atoms with Gasteiger partial charge < -0.3 is 14.6 Å². The number of aliphatic hydroxyl groups is 1. The van der Waals surface area contributed by atoms with E-state index in [1.54, 1.807) is 0 Å². The molecule has 0 fully saturated rings. The van der Waals surface area contributed by atoms with Crippen LogP contribution in [0.3, 0.4) is 0 Å². The zero-order valence-corrected chi connectivity index (χ0v) is 11.1. The third-order valence-electron chi connectivity index (χ3n) is 2.82. The summed E-state index contributed by atoms with van der Waals surface area (Å²) in [5.41, 5.74) is -0.362. The van der Waals surface area contributed by atoms with Crippen LogP contribution >= 0.6 is 0 Å². The van der Waals surface area contributed by atoms with E-state index in [0.717, 1.165) is 0 Å². The van der Waals surface area contributed by atoms with Crippen LogP contribution in [-0.2, 0) is 6.61 Å². The van der Waals surface area contributed by atoms with E-state index in [1.807, 2.05) is 0 Å². The van der Waals surface area contributed by atoms with Crippen molar-refractivity contribution in [3.63, 3.8) is 0 Å². The first kappa shape index (κ1) is 14.7. The Bertz CT molecular complexity index is 674. The van der Waals surface area contributed by atoms with Gasteiger partial charge in [0.15, 0.2) is 0 Å². The number of benzene rings is 2. The van der Waals surface area contributed by atoms with Crippen molar-refractivity contribution in [1.82, 2.24) is 0 Å². The van der Waals surface area contributed by atoms with Crippen molar-refractivity contribution < 1.29 is 23.9 Å². The molecule has 21 heavy (non-hydrogen) atoms. The van der Waals surface area contributed by atoms with Crippen LogP contribution in [0.1, 0.15) is 5.56 Å². The molecule has 0 saturated heterocycles. The fourth-order valence-corrected chi connectivity index (χ4v) is 1.76. The Labute approximate surface area is 119 Å². The minimum atomic E-state index is -0.652. The Balaban J connectivity index is 2.48. The van der Waals surface area contributed by atoms with Crippen molar-refractivity contribution in [2.75, 3.05) is 7.11 Å². The molecule has 2 rings (SSSR count). The van der Waals surface area contributed by atoms with Gasteiger partial charge in [0.25, 0.3) is 0 Å². The first-order chi connectivity index (χ1) is 10.1. The maximum atomic E-state index is 13.6. The summed E-state index contributed by atoms with van der Waals surface area (Å²) >= 11 is 0. The summed E-state index contributed by atoms with van der Waals surface area (Å²) in [6, 6.07) is 7.94. The Hall–Kier alpha value is -2.67. The van der Waals surface area contributed by atoms with Crippen LogP contribution in [0.5, 0.6) is 17.2 Å². The summed E-state index contributed by atoms with van der Waals surface area (Å²) in [6.45, 7) is -0.584. The zero-order chi connectivity index (χ0) is 15.4. The predicted octanol–water partition coefficient (Wildman–Crippen LogP) is 3.03. The number of nitro groups is 1. The molecule has 1 N–H and O–H groups in total. The largest absolute Gasteiger partial charge is 0.497 e. The molecule has 0 aliphatic carbocycles. The summed E-state index contributed by atoms with van der Waals surface area (Å²) < 4.78 is 23.9. The molecule has 2 aromatic carbocycles. The van der Waals surface area contributed by atoms with Crippen molar-refractivity contribution in [1.29, 1.82) is 0 Å². The van der Waals surface area contributed by atoms with E-state index < -0.39 is 17.3 Å². The minimum Gasteiger partial charge on any atom is -0.497 e. The fraction of sp³-hybridized carbons (Fsp3) is 0.143. The van der Waals surface area contributed by atoms with Crippen LogP contribution < -0.4 is 9.47 Å². The van der Waals surface area contributed by atoms with Gasteiger partial charge in [-0.15, -0.1) is 0 Å². The quantitative estimate of drug-likeness (QED) is 0.677. The van der Waals surface area contributed by atoms with Gasteiger partial charge in [-0.3, -0.25) is 10.1 Å². The Morgan fingerprint density at radius 3 is 2.67 bits per heavy atom. The third kappa shape index (κ3) is 3.09. The molecule has 0 aliphatic rings. The van der Waals surface area contributed by atoms with Gasteiger partial charge in [0.2, 0.25) is 5.75 Å². The van der Waals surface area contributed by atoms with E-state index in [1.165, 1.54) is 43.5 Å². The number of rotatable bonds is 5. The zero-order valence-electron chi connectivity index (χ0n) is 11.1. The van der Waals surface area contributed by atoms with Crippen molar-refractivity contribution >= 4 is 5.69 Å². The number of nitro benzene ring substituents is 1. The molecule has 0 aromatic heterocycles.